The first-order valence-corrected chi connectivity index (χ1v) is 5.61. The van der Waals surface area contributed by atoms with Gasteiger partial charge in [0, 0.05) is 31.8 Å². The summed E-state index contributed by atoms with van der Waals surface area (Å²) in [5, 5.41) is 2.27. The van der Waals surface area contributed by atoms with E-state index in [1.165, 1.54) is 0 Å². The standard InChI is InChI=1S/C12H20N2O/c1-3-9-14(10-4-2)12(15)11-5-7-13-8-6-11/h3-4,11,13H,1-2,5-10H2/p+1. The molecule has 0 spiro atoms. The number of carbonyl (C=O) groups is 1. The molecule has 2 N–H and O–H groups in total. The van der Waals surface area contributed by atoms with Crippen LogP contribution in [0.4, 0.5) is 0 Å². The van der Waals surface area contributed by atoms with Crippen molar-refractivity contribution in [3.63, 3.8) is 0 Å². The maximum absolute atomic E-state index is 12.1. The van der Waals surface area contributed by atoms with E-state index in [2.05, 4.69) is 18.5 Å². The SMILES string of the molecule is C=CCN(CC=C)C(=O)C1CC[NH2+]CC1. The summed E-state index contributed by atoms with van der Waals surface area (Å²) in [7, 11) is 0. The van der Waals surface area contributed by atoms with Crippen LogP contribution in [0.5, 0.6) is 0 Å². The van der Waals surface area contributed by atoms with Crippen molar-refractivity contribution in [3.05, 3.63) is 25.3 Å². The maximum Gasteiger partial charge on any atom is 0.226 e. The molecule has 1 rings (SSSR count). The van der Waals surface area contributed by atoms with Crippen molar-refractivity contribution >= 4 is 5.91 Å². The van der Waals surface area contributed by atoms with Crippen LogP contribution >= 0.6 is 0 Å². The first-order valence-electron chi connectivity index (χ1n) is 5.61. The summed E-state index contributed by atoms with van der Waals surface area (Å²) in [5.41, 5.74) is 0. The van der Waals surface area contributed by atoms with Crippen LogP contribution < -0.4 is 5.32 Å². The molecule has 0 radical (unpaired) electrons. The second-order valence-corrected chi connectivity index (χ2v) is 3.96. The second-order valence-electron chi connectivity index (χ2n) is 3.96. The predicted octanol–water partition coefficient (Wildman–Crippen LogP) is 0.160. The number of hydrogen-bond acceptors (Lipinski definition) is 1. The van der Waals surface area contributed by atoms with Crippen LogP contribution in [0.3, 0.4) is 0 Å². The van der Waals surface area contributed by atoms with E-state index in [4.69, 9.17) is 0 Å². The number of carbonyl (C=O) groups excluding carboxylic acids is 1. The Kier molecular flexibility index (Phi) is 5.12. The largest absolute Gasteiger partial charge is 0.346 e. The van der Waals surface area contributed by atoms with Gasteiger partial charge in [0.05, 0.1) is 13.1 Å². The average Bonchev–Trinajstić information content (AvgIpc) is 2.29. The number of quaternary nitrogens is 1. The van der Waals surface area contributed by atoms with E-state index >= 15 is 0 Å². The maximum atomic E-state index is 12.1. The van der Waals surface area contributed by atoms with Crippen LogP contribution in [0.2, 0.25) is 0 Å². The zero-order chi connectivity index (χ0) is 11.1. The Balaban J connectivity index is 2.52. The van der Waals surface area contributed by atoms with Gasteiger partial charge in [-0.25, -0.2) is 0 Å². The summed E-state index contributed by atoms with van der Waals surface area (Å²) in [6.07, 6.45) is 5.56. The molecule has 1 amide bonds. The van der Waals surface area contributed by atoms with Crippen molar-refractivity contribution in [3.8, 4) is 0 Å². The van der Waals surface area contributed by atoms with Gasteiger partial charge >= 0.3 is 0 Å². The van der Waals surface area contributed by atoms with Gasteiger partial charge in [-0.05, 0) is 0 Å². The molecule has 0 aliphatic carbocycles. The van der Waals surface area contributed by atoms with Crippen LogP contribution in [0.15, 0.2) is 25.3 Å². The Morgan fingerprint density at radius 2 is 1.80 bits per heavy atom. The molecule has 1 aliphatic heterocycles. The van der Waals surface area contributed by atoms with Gasteiger partial charge in [-0.15, -0.1) is 13.2 Å². The Morgan fingerprint density at radius 1 is 1.27 bits per heavy atom. The van der Waals surface area contributed by atoms with E-state index in [9.17, 15) is 4.79 Å². The fourth-order valence-corrected chi connectivity index (χ4v) is 2.00. The molecular formula is C12H21N2O+. The Hall–Kier alpha value is -1.09. The highest BCUT2D eigenvalue weighted by molar-refractivity contribution is 5.79. The Bertz CT molecular complexity index is 222. The monoisotopic (exact) mass is 209 g/mol. The summed E-state index contributed by atoms with van der Waals surface area (Å²) in [6.45, 7) is 10.8. The van der Waals surface area contributed by atoms with Gasteiger partial charge in [-0.3, -0.25) is 4.79 Å². The van der Waals surface area contributed by atoms with Crippen molar-refractivity contribution in [2.75, 3.05) is 26.2 Å². The molecule has 0 saturated carbocycles. The minimum Gasteiger partial charge on any atom is -0.346 e. The predicted molar refractivity (Wildman–Crippen MR) is 61.4 cm³/mol. The summed E-state index contributed by atoms with van der Waals surface area (Å²) in [4.78, 5) is 13.9. The van der Waals surface area contributed by atoms with Gasteiger partial charge < -0.3 is 10.2 Å². The van der Waals surface area contributed by atoms with E-state index in [0.29, 0.717) is 13.1 Å². The van der Waals surface area contributed by atoms with Gasteiger partial charge in [0.25, 0.3) is 0 Å². The minimum absolute atomic E-state index is 0.217. The number of nitrogens with zero attached hydrogens (tertiary/aromatic N) is 1. The van der Waals surface area contributed by atoms with E-state index < -0.39 is 0 Å². The molecule has 1 saturated heterocycles. The van der Waals surface area contributed by atoms with Gasteiger partial charge in [0.2, 0.25) is 5.91 Å². The highest BCUT2D eigenvalue weighted by atomic mass is 16.2. The molecule has 1 aliphatic rings. The number of nitrogens with two attached hydrogens (primary N) is 1. The lowest BCUT2D eigenvalue weighted by atomic mass is 9.96. The fraction of sp³-hybridized carbons (Fsp3) is 0.583. The summed E-state index contributed by atoms with van der Waals surface area (Å²) in [5.74, 6) is 0.484. The third-order valence-corrected chi connectivity index (χ3v) is 2.80. The molecule has 0 unspecified atom stereocenters. The molecule has 0 bridgehead atoms. The van der Waals surface area contributed by atoms with Crippen LogP contribution in [0, 0.1) is 5.92 Å². The molecule has 3 heteroatoms. The summed E-state index contributed by atoms with van der Waals surface area (Å²) < 4.78 is 0. The third kappa shape index (κ3) is 3.51. The van der Waals surface area contributed by atoms with Gasteiger partial charge in [0.15, 0.2) is 0 Å². The Morgan fingerprint density at radius 3 is 2.27 bits per heavy atom. The highest BCUT2D eigenvalue weighted by Gasteiger charge is 2.26. The zero-order valence-corrected chi connectivity index (χ0v) is 9.32. The number of hydrogen-bond donors (Lipinski definition) is 1. The second kappa shape index (κ2) is 6.40. The van der Waals surface area contributed by atoms with Gasteiger partial charge in [-0.1, -0.05) is 12.2 Å². The first-order chi connectivity index (χ1) is 7.29. The lowest BCUT2D eigenvalue weighted by molar-refractivity contribution is -0.664. The van der Waals surface area contributed by atoms with Crippen molar-refractivity contribution in [2.24, 2.45) is 5.92 Å². The molecular weight excluding hydrogens is 188 g/mol. The normalized spacial score (nSPS) is 17.1. The number of piperidine rings is 1. The van der Waals surface area contributed by atoms with Gasteiger partial charge in [0.1, 0.15) is 0 Å². The van der Waals surface area contributed by atoms with E-state index in [1.807, 2.05) is 4.90 Å². The zero-order valence-electron chi connectivity index (χ0n) is 9.32. The van der Waals surface area contributed by atoms with Crippen molar-refractivity contribution in [1.29, 1.82) is 0 Å². The molecule has 3 nitrogen and oxygen atoms in total. The minimum atomic E-state index is 0.217. The molecule has 15 heavy (non-hydrogen) atoms. The molecule has 84 valence electrons. The summed E-state index contributed by atoms with van der Waals surface area (Å²) >= 11 is 0. The molecule has 1 fully saturated rings. The van der Waals surface area contributed by atoms with Crippen LogP contribution in [-0.4, -0.2) is 37.0 Å². The molecule has 0 aromatic rings. The van der Waals surface area contributed by atoms with Crippen molar-refractivity contribution in [1.82, 2.24) is 4.90 Å². The summed E-state index contributed by atoms with van der Waals surface area (Å²) in [6, 6.07) is 0. The highest BCUT2D eigenvalue weighted by Crippen LogP contribution is 2.12. The van der Waals surface area contributed by atoms with E-state index in [1.54, 1.807) is 12.2 Å². The lowest BCUT2D eigenvalue weighted by Crippen LogP contribution is -2.86. The van der Waals surface area contributed by atoms with Crippen LogP contribution in [-0.2, 0) is 4.79 Å². The van der Waals surface area contributed by atoms with E-state index in [0.717, 1.165) is 25.9 Å². The average molecular weight is 209 g/mol. The Labute approximate surface area is 91.8 Å². The van der Waals surface area contributed by atoms with Crippen LogP contribution in [0.1, 0.15) is 12.8 Å². The van der Waals surface area contributed by atoms with E-state index in [-0.39, 0.29) is 11.8 Å². The van der Waals surface area contributed by atoms with Crippen molar-refractivity contribution in [2.45, 2.75) is 12.8 Å². The fourth-order valence-electron chi connectivity index (χ4n) is 2.00. The number of amides is 1. The molecule has 1 heterocycles. The lowest BCUT2D eigenvalue weighted by Gasteiger charge is -2.26. The van der Waals surface area contributed by atoms with Crippen LogP contribution in [0.25, 0.3) is 0 Å². The smallest absolute Gasteiger partial charge is 0.226 e. The van der Waals surface area contributed by atoms with Crippen molar-refractivity contribution < 1.29 is 10.1 Å². The quantitative estimate of drug-likeness (QED) is 0.643. The molecule has 0 aromatic heterocycles. The molecule has 0 aromatic carbocycles. The van der Waals surface area contributed by atoms with Gasteiger partial charge in [-0.2, -0.15) is 0 Å². The molecule has 0 atom stereocenters. The topological polar surface area (TPSA) is 36.9 Å². The third-order valence-electron chi connectivity index (χ3n) is 2.80. The number of rotatable bonds is 5. The first kappa shape index (κ1) is 12.0.